The Bertz CT molecular complexity index is 496. The fourth-order valence-electron chi connectivity index (χ4n) is 1.80. The van der Waals surface area contributed by atoms with Crippen molar-refractivity contribution in [2.45, 2.75) is 20.4 Å². The summed E-state index contributed by atoms with van der Waals surface area (Å²) in [7, 11) is -1.65. The molecule has 0 atom stereocenters. The first-order chi connectivity index (χ1) is 8.02. The second-order valence-corrected chi connectivity index (χ2v) is 3.67. The van der Waals surface area contributed by atoms with E-state index in [1.54, 1.807) is 19.9 Å². The number of aldehydes is 1. The molecule has 0 amide bonds. The predicted octanol–water partition coefficient (Wildman–Crippen LogP) is 0.606. The molecule has 0 bridgehead atoms. The van der Waals surface area contributed by atoms with Crippen LogP contribution in [0.15, 0.2) is 11.2 Å². The van der Waals surface area contributed by atoms with Gasteiger partial charge in [0.25, 0.3) is 0 Å². The molecular formula is C10H12BN3O3. The number of carbonyl (C=O) groups is 1. The maximum Gasteiger partial charge on any atom is 0.489 e. The van der Waals surface area contributed by atoms with E-state index in [2.05, 4.69) is 10.0 Å². The molecule has 7 heteroatoms. The lowest BCUT2D eigenvalue weighted by molar-refractivity contribution is 0.112. The fourth-order valence-corrected chi connectivity index (χ4v) is 1.80. The van der Waals surface area contributed by atoms with Crippen LogP contribution >= 0.6 is 0 Å². The van der Waals surface area contributed by atoms with Crippen LogP contribution in [0.1, 0.15) is 27.0 Å². The van der Waals surface area contributed by atoms with Crippen molar-refractivity contribution in [3.8, 4) is 0 Å². The average molecular weight is 233 g/mol. The zero-order valence-corrected chi connectivity index (χ0v) is 9.58. The molecule has 88 valence electrons. The molecule has 1 aromatic carbocycles. The Balaban J connectivity index is 3.47. The third-order valence-electron chi connectivity index (χ3n) is 2.74. The van der Waals surface area contributed by atoms with Crippen LogP contribution < -0.4 is 5.46 Å². The van der Waals surface area contributed by atoms with Gasteiger partial charge in [-0.3, -0.25) is 4.79 Å². The summed E-state index contributed by atoms with van der Waals surface area (Å²) in [6, 6.07) is 1.60. The van der Waals surface area contributed by atoms with Gasteiger partial charge >= 0.3 is 7.12 Å². The Morgan fingerprint density at radius 3 is 2.59 bits per heavy atom. The van der Waals surface area contributed by atoms with E-state index in [-0.39, 0.29) is 12.0 Å². The number of carbonyl (C=O) groups excluding carboxylic acids is 1. The third-order valence-corrected chi connectivity index (χ3v) is 2.74. The van der Waals surface area contributed by atoms with Crippen molar-refractivity contribution in [1.29, 1.82) is 0 Å². The molecule has 0 aromatic heterocycles. The normalized spacial score (nSPS) is 9.65. The van der Waals surface area contributed by atoms with Crippen molar-refractivity contribution in [2.24, 2.45) is 5.11 Å². The highest BCUT2D eigenvalue weighted by Gasteiger charge is 2.21. The van der Waals surface area contributed by atoms with Crippen molar-refractivity contribution in [3.63, 3.8) is 0 Å². The van der Waals surface area contributed by atoms with Crippen LogP contribution in [0.5, 0.6) is 0 Å². The predicted molar refractivity (Wildman–Crippen MR) is 64.0 cm³/mol. The SMILES string of the molecule is Cc1c(C=O)cc(CN=[N+]=[N-])c(C)c1B(O)O. The minimum absolute atomic E-state index is 0.0726. The average Bonchev–Trinajstić information content (AvgIpc) is 2.28. The second-order valence-electron chi connectivity index (χ2n) is 3.67. The van der Waals surface area contributed by atoms with Crippen LogP contribution in [0.3, 0.4) is 0 Å². The number of benzene rings is 1. The van der Waals surface area contributed by atoms with Crippen molar-refractivity contribution < 1.29 is 14.8 Å². The molecule has 0 saturated carbocycles. The number of hydrogen-bond donors (Lipinski definition) is 2. The van der Waals surface area contributed by atoms with Gasteiger partial charge in [-0.15, -0.1) is 0 Å². The van der Waals surface area contributed by atoms with E-state index in [1.807, 2.05) is 0 Å². The quantitative estimate of drug-likeness (QED) is 0.261. The van der Waals surface area contributed by atoms with Crippen LogP contribution in [0, 0.1) is 13.8 Å². The van der Waals surface area contributed by atoms with Gasteiger partial charge in [-0.1, -0.05) is 5.11 Å². The highest BCUT2D eigenvalue weighted by molar-refractivity contribution is 6.60. The smallest absolute Gasteiger partial charge is 0.423 e. The first-order valence-corrected chi connectivity index (χ1v) is 4.98. The summed E-state index contributed by atoms with van der Waals surface area (Å²) in [4.78, 5) is 13.5. The minimum atomic E-state index is -1.65. The molecule has 1 aromatic rings. The van der Waals surface area contributed by atoms with Gasteiger partial charge < -0.3 is 10.0 Å². The van der Waals surface area contributed by atoms with E-state index in [1.165, 1.54) is 0 Å². The lowest BCUT2D eigenvalue weighted by Gasteiger charge is -2.14. The van der Waals surface area contributed by atoms with Gasteiger partial charge in [0.05, 0.1) is 6.54 Å². The van der Waals surface area contributed by atoms with Crippen molar-refractivity contribution in [1.82, 2.24) is 0 Å². The molecular weight excluding hydrogens is 221 g/mol. The Morgan fingerprint density at radius 2 is 2.12 bits per heavy atom. The third kappa shape index (κ3) is 2.65. The molecule has 0 heterocycles. The Morgan fingerprint density at radius 1 is 1.47 bits per heavy atom. The Labute approximate surface area is 98.7 Å². The highest BCUT2D eigenvalue weighted by Crippen LogP contribution is 2.14. The number of hydrogen-bond acceptors (Lipinski definition) is 4. The molecule has 0 aliphatic rings. The summed E-state index contributed by atoms with van der Waals surface area (Å²) in [6.07, 6.45) is 0.639. The zero-order valence-electron chi connectivity index (χ0n) is 9.58. The molecule has 17 heavy (non-hydrogen) atoms. The van der Waals surface area contributed by atoms with Crippen molar-refractivity contribution in [3.05, 3.63) is 38.8 Å². The van der Waals surface area contributed by atoms with E-state index in [0.717, 1.165) is 0 Å². The standard InChI is InChI=1S/C10H12BN3O3/c1-6-8(4-13-14-12)3-9(5-15)7(2)10(6)11(16)17/h3,5,16-17H,4H2,1-2H3. The first-order valence-electron chi connectivity index (χ1n) is 4.98. The van der Waals surface area contributed by atoms with Gasteiger partial charge in [-0.2, -0.15) is 0 Å². The summed E-state index contributed by atoms with van der Waals surface area (Å²) in [5, 5.41) is 22.0. The van der Waals surface area contributed by atoms with Crippen molar-refractivity contribution >= 4 is 18.9 Å². The summed E-state index contributed by atoms with van der Waals surface area (Å²) < 4.78 is 0. The van der Waals surface area contributed by atoms with Gasteiger partial charge in [0.2, 0.25) is 0 Å². The van der Waals surface area contributed by atoms with Gasteiger partial charge in [-0.05, 0) is 47.6 Å². The van der Waals surface area contributed by atoms with Crippen molar-refractivity contribution in [2.75, 3.05) is 0 Å². The Kier molecular flexibility index (Phi) is 4.28. The van der Waals surface area contributed by atoms with Crippen LogP contribution in [0.2, 0.25) is 0 Å². The van der Waals surface area contributed by atoms with E-state index in [0.29, 0.717) is 28.5 Å². The lowest BCUT2D eigenvalue weighted by atomic mass is 9.72. The van der Waals surface area contributed by atoms with E-state index in [9.17, 15) is 14.8 Å². The maximum absolute atomic E-state index is 10.9. The van der Waals surface area contributed by atoms with E-state index in [4.69, 9.17) is 5.53 Å². The lowest BCUT2D eigenvalue weighted by Crippen LogP contribution is -2.36. The molecule has 1 rings (SSSR count). The van der Waals surface area contributed by atoms with Crippen LogP contribution in [0.25, 0.3) is 10.4 Å². The van der Waals surface area contributed by atoms with E-state index < -0.39 is 7.12 Å². The summed E-state index contributed by atoms with van der Waals surface area (Å²) in [5.41, 5.74) is 10.7. The molecule has 2 N–H and O–H groups in total. The molecule has 0 fully saturated rings. The maximum atomic E-state index is 10.9. The molecule has 0 aliphatic carbocycles. The van der Waals surface area contributed by atoms with Gasteiger partial charge in [-0.25, -0.2) is 0 Å². The highest BCUT2D eigenvalue weighted by atomic mass is 16.4. The minimum Gasteiger partial charge on any atom is -0.423 e. The summed E-state index contributed by atoms with van der Waals surface area (Å²) in [6.45, 7) is 3.41. The topological polar surface area (TPSA) is 106 Å². The molecule has 0 saturated heterocycles. The second kappa shape index (κ2) is 5.49. The monoisotopic (exact) mass is 233 g/mol. The largest absolute Gasteiger partial charge is 0.489 e. The number of azide groups is 1. The van der Waals surface area contributed by atoms with Gasteiger partial charge in [0, 0.05) is 10.5 Å². The molecule has 0 unspecified atom stereocenters. The fraction of sp³-hybridized carbons (Fsp3) is 0.300. The van der Waals surface area contributed by atoms with Crippen LogP contribution in [-0.4, -0.2) is 23.5 Å². The van der Waals surface area contributed by atoms with Gasteiger partial charge in [0.15, 0.2) is 0 Å². The molecule has 0 spiro atoms. The number of nitrogens with zero attached hydrogens (tertiary/aromatic N) is 3. The van der Waals surface area contributed by atoms with E-state index >= 15 is 0 Å². The van der Waals surface area contributed by atoms with Crippen LogP contribution in [-0.2, 0) is 6.54 Å². The molecule has 0 radical (unpaired) electrons. The number of rotatable bonds is 4. The summed E-state index contributed by atoms with van der Waals surface area (Å²) >= 11 is 0. The summed E-state index contributed by atoms with van der Waals surface area (Å²) in [5.74, 6) is 0. The van der Waals surface area contributed by atoms with Gasteiger partial charge in [0.1, 0.15) is 6.29 Å². The Hall–Kier alpha value is -1.82. The molecule has 6 nitrogen and oxygen atoms in total. The molecule has 0 aliphatic heterocycles. The first kappa shape index (κ1) is 13.3. The zero-order chi connectivity index (χ0) is 13.0. The van der Waals surface area contributed by atoms with Crippen LogP contribution in [0.4, 0.5) is 0 Å².